The Morgan fingerprint density at radius 3 is 2.52 bits per heavy atom. The van der Waals surface area contributed by atoms with Crippen molar-refractivity contribution in [2.75, 3.05) is 13.7 Å². The van der Waals surface area contributed by atoms with Crippen molar-refractivity contribution in [3.05, 3.63) is 47.4 Å². The number of aldehydes is 1. The van der Waals surface area contributed by atoms with Crippen molar-refractivity contribution < 1.29 is 33.4 Å². The van der Waals surface area contributed by atoms with Crippen molar-refractivity contribution >= 4 is 29.7 Å². The Morgan fingerprint density at radius 2 is 1.93 bits per heavy atom. The van der Waals surface area contributed by atoms with Gasteiger partial charge in [-0.1, -0.05) is 30.3 Å². The Bertz CT molecular complexity index is 796. The molecule has 0 N–H and O–H groups in total. The fraction of sp³-hybridized carbons (Fsp3) is 0.316. The normalized spacial score (nSPS) is 16.4. The van der Waals surface area contributed by atoms with Gasteiger partial charge in [-0.05, 0) is 12.5 Å². The molecule has 1 aliphatic rings. The van der Waals surface area contributed by atoms with Crippen LogP contribution in [0, 0.1) is 5.92 Å². The van der Waals surface area contributed by atoms with E-state index in [1.807, 2.05) is 6.07 Å². The minimum atomic E-state index is -1.44. The van der Waals surface area contributed by atoms with Crippen LogP contribution in [-0.4, -0.2) is 43.4 Å². The molecule has 8 heteroatoms. The number of carbonyl (C=O) groups excluding carboxylic acids is 4. The maximum Gasteiger partial charge on any atom is 0.360 e. The third-order valence-electron chi connectivity index (χ3n) is 3.71. The van der Waals surface area contributed by atoms with E-state index >= 15 is 0 Å². The molecular weight excluding hydrogens is 354 g/mol. The molecule has 2 rings (SSSR count). The summed E-state index contributed by atoms with van der Waals surface area (Å²) in [7, 11) is 1.13. The van der Waals surface area contributed by atoms with Crippen molar-refractivity contribution in [3.63, 3.8) is 0 Å². The summed E-state index contributed by atoms with van der Waals surface area (Å²) in [4.78, 5) is 52.1. The molecule has 1 heterocycles. The van der Waals surface area contributed by atoms with Gasteiger partial charge in [0.1, 0.15) is 12.9 Å². The van der Waals surface area contributed by atoms with Crippen LogP contribution in [0.1, 0.15) is 18.9 Å². The summed E-state index contributed by atoms with van der Waals surface area (Å²) in [6.07, 6.45) is 0.185. The number of methoxy groups -OCH3 is 1. The van der Waals surface area contributed by atoms with Gasteiger partial charge in [-0.2, -0.15) is 0 Å². The highest BCUT2D eigenvalue weighted by molar-refractivity contribution is 6.28. The zero-order chi connectivity index (χ0) is 19.8. The van der Waals surface area contributed by atoms with Gasteiger partial charge in [0.05, 0.1) is 13.7 Å². The number of aliphatic imine (C=N–C) groups is 1. The second kappa shape index (κ2) is 9.42. The maximum absolute atomic E-state index is 12.9. The van der Waals surface area contributed by atoms with Crippen molar-refractivity contribution in [1.29, 1.82) is 0 Å². The SMILES string of the molecule is CCOC(=O)C1C(=O)C(OCc2ccccc2)=C(C(=O)OC)N=C1CC=O. The van der Waals surface area contributed by atoms with Crippen LogP contribution in [0.2, 0.25) is 0 Å². The molecule has 8 nitrogen and oxygen atoms in total. The molecule has 0 saturated heterocycles. The number of carbonyl (C=O) groups is 4. The molecule has 0 bridgehead atoms. The predicted octanol–water partition coefficient (Wildman–Crippen LogP) is 1.38. The summed E-state index contributed by atoms with van der Waals surface area (Å²) in [6, 6.07) is 8.95. The second-order valence-corrected chi connectivity index (χ2v) is 5.47. The summed E-state index contributed by atoms with van der Waals surface area (Å²) in [5.41, 5.74) is 0.286. The van der Waals surface area contributed by atoms with E-state index in [9.17, 15) is 19.2 Å². The fourth-order valence-electron chi connectivity index (χ4n) is 2.48. The molecule has 0 saturated carbocycles. The number of allylic oxidation sites excluding steroid dienone is 1. The van der Waals surface area contributed by atoms with E-state index in [0.717, 1.165) is 12.7 Å². The Balaban J connectivity index is 2.43. The summed E-state index contributed by atoms with van der Waals surface area (Å²) >= 11 is 0. The molecular formula is C19H19NO7. The number of ether oxygens (including phenoxy) is 3. The van der Waals surface area contributed by atoms with Gasteiger partial charge in [0.25, 0.3) is 0 Å². The standard InChI is InChI=1S/C19H19NO7/c1-3-26-18(23)14-13(9-10-21)20-15(19(24)25-2)17(16(14)22)27-11-12-7-5-4-6-8-12/h4-8,10,14H,3,9,11H2,1-2H3. The topological polar surface area (TPSA) is 108 Å². The number of hydrogen-bond acceptors (Lipinski definition) is 8. The Morgan fingerprint density at radius 1 is 1.22 bits per heavy atom. The van der Waals surface area contributed by atoms with Gasteiger partial charge < -0.3 is 19.0 Å². The van der Waals surface area contributed by atoms with Crippen LogP contribution in [0.3, 0.4) is 0 Å². The highest BCUT2D eigenvalue weighted by Crippen LogP contribution is 2.26. The van der Waals surface area contributed by atoms with Crippen LogP contribution in [-0.2, 0) is 40.0 Å². The molecule has 0 fully saturated rings. The molecule has 1 aliphatic heterocycles. The molecule has 0 radical (unpaired) electrons. The molecule has 1 unspecified atom stereocenters. The van der Waals surface area contributed by atoms with Crippen LogP contribution in [0.5, 0.6) is 0 Å². The van der Waals surface area contributed by atoms with E-state index in [1.54, 1.807) is 31.2 Å². The third-order valence-corrected chi connectivity index (χ3v) is 3.71. The second-order valence-electron chi connectivity index (χ2n) is 5.47. The first-order valence-electron chi connectivity index (χ1n) is 8.24. The number of Topliss-reactive ketones (excluding diaryl/α,β-unsaturated/α-hetero) is 1. The number of rotatable bonds is 8. The Labute approximate surface area is 155 Å². The quantitative estimate of drug-likeness (QED) is 0.385. The first kappa shape index (κ1) is 20.0. The minimum absolute atomic E-state index is 0.0174. The number of hydrogen-bond donors (Lipinski definition) is 0. The summed E-state index contributed by atoms with van der Waals surface area (Å²) < 4.78 is 15.1. The molecule has 27 heavy (non-hydrogen) atoms. The van der Waals surface area contributed by atoms with E-state index < -0.39 is 29.4 Å². The summed E-state index contributed by atoms with van der Waals surface area (Å²) in [5.74, 6) is -4.38. The predicted molar refractivity (Wildman–Crippen MR) is 93.5 cm³/mol. The number of benzene rings is 1. The van der Waals surface area contributed by atoms with Gasteiger partial charge in [-0.3, -0.25) is 9.59 Å². The van der Waals surface area contributed by atoms with E-state index in [0.29, 0.717) is 6.29 Å². The number of ketones is 1. The molecule has 1 aromatic carbocycles. The Kier molecular flexibility index (Phi) is 6.99. The number of esters is 2. The highest BCUT2D eigenvalue weighted by atomic mass is 16.5. The average molecular weight is 373 g/mol. The van der Waals surface area contributed by atoms with Gasteiger partial charge in [-0.25, -0.2) is 9.79 Å². The molecule has 0 aromatic heterocycles. The largest absolute Gasteiger partial charge is 0.483 e. The van der Waals surface area contributed by atoms with Crippen molar-refractivity contribution in [2.24, 2.45) is 10.9 Å². The van der Waals surface area contributed by atoms with Gasteiger partial charge >= 0.3 is 11.9 Å². The average Bonchev–Trinajstić information content (AvgIpc) is 2.67. The van der Waals surface area contributed by atoms with E-state index in [4.69, 9.17) is 9.47 Å². The van der Waals surface area contributed by atoms with Gasteiger partial charge in [-0.15, -0.1) is 0 Å². The van der Waals surface area contributed by atoms with Crippen molar-refractivity contribution in [2.45, 2.75) is 20.0 Å². The van der Waals surface area contributed by atoms with Crippen LogP contribution in [0.4, 0.5) is 0 Å². The first-order chi connectivity index (χ1) is 13.0. The van der Waals surface area contributed by atoms with Crippen LogP contribution >= 0.6 is 0 Å². The summed E-state index contributed by atoms with van der Waals surface area (Å²) in [5, 5.41) is 0. The monoisotopic (exact) mass is 373 g/mol. The lowest BCUT2D eigenvalue weighted by Gasteiger charge is -2.23. The maximum atomic E-state index is 12.9. The molecule has 0 amide bonds. The lowest BCUT2D eigenvalue weighted by atomic mass is 9.91. The van der Waals surface area contributed by atoms with Crippen molar-refractivity contribution in [3.8, 4) is 0 Å². The number of nitrogens with zero attached hydrogens (tertiary/aromatic N) is 1. The van der Waals surface area contributed by atoms with E-state index in [-0.39, 0.29) is 31.0 Å². The molecule has 142 valence electrons. The van der Waals surface area contributed by atoms with Crippen molar-refractivity contribution in [1.82, 2.24) is 0 Å². The molecule has 1 atom stereocenters. The lowest BCUT2D eigenvalue weighted by Crippen LogP contribution is -2.39. The lowest BCUT2D eigenvalue weighted by molar-refractivity contribution is -0.149. The fourth-order valence-corrected chi connectivity index (χ4v) is 2.48. The molecule has 0 aliphatic carbocycles. The van der Waals surface area contributed by atoms with E-state index in [1.165, 1.54) is 0 Å². The van der Waals surface area contributed by atoms with Gasteiger partial charge in [0.15, 0.2) is 17.4 Å². The minimum Gasteiger partial charge on any atom is -0.483 e. The van der Waals surface area contributed by atoms with Gasteiger partial charge in [0, 0.05) is 12.1 Å². The van der Waals surface area contributed by atoms with Gasteiger partial charge in [0.2, 0.25) is 5.78 Å². The van der Waals surface area contributed by atoms with Crippen LogP contribution in [0.15, 0.2) is 46.8 Å². The Hall–Kier alpha value is -3.29. The highest BCUT2D eigenvalue weighted by Gasteiger charge is 2.42. The summed E-state index contributed by atoms with van der Waals surface area (Å²) in [6.45, 7) is 1.62. The zero-order valence-electron chi connectivity index (χ0n) is 15.0. The van der Waals surface area contributed by atoms with Crippen LogP contribution < -0.4 is 0 Å². The third kappa shape index (κ3) is 4.66. The van der Waals surface area contributed by atoms with E-state index in [2.05, 4.69) is 9.73 Å². The molecule has 0 spiro atoms. The first-order valence-corrected chi connectivity index (χ1v) is 8.24. The van der Waals surface area contributed by atoms with Crippen LogP contribution in [0.25, 0.3) is 0 Å². The smallest absolute Gasteiger partial charge is 0.360 e. The zero-order valence-corrected chi connectivity index (χ0v) is 15.0. The molecule has 1 aromatic rings.